The van der Waals surface area contributed by atoms with Crippen LogP contribution in [0, 0.1) is 0 Å². The average molecular weight is 207 g/mol. The second kappa shape index (κ2) is 6.30. The third-order valence-corrected chi connectivity index (χ3v) is 2.76. The lowest BCUT2D eigenvalue weighted by molar-refractivity contribution is -0.0392. The smallest absolute Gasteiger partial charge is 0.261 e. The number of hydrogen-bond donors (Lipinski definition) is 1. The quantitative estimate of drug-likeness (QED) is 0.713. The number of likely N-dealkylation sites (N-methyl/N-ethyl adjacent to an activating group) is 1. The van der Waals surface area contributed by atoms with E-state index in [4.69, 9.17) is 4.74 Å². The molecule has 2 atom stereocenters. The molecular formula is C10H19F2NO. The van der Waals surface area contributed by atoms with Crippen molar-refractivity contribution in [3.8, 4) is 0 Å². The molecule has 0 radical (unpaired) electrons. The average Bonchev–Trinajstić information content (AvgIpc) is 2.38. The van der Waals surface area contributed by atoms with Gasteiger partial charge in [-0.3, -0.25) is 0 Å². The fourth-order valence-electron chi connectivity index (χ4n) is 2.00. The number of rotatable bonds is 4. The van der Waals surface area contributed by atoms with Crippen LogP contribution in [0.4, 0.5) is 8.78 Å². The van der Waals surface area contributed by atoms with Crippen LogP contribution >= 0.6 is 0 Å². The van der Waals surface area contributed by atoms with Crippen LogP contribution in [0.1, 0.15) is 32.1 Å². The third kappa shape index (κ3) is 3.88. The Morgan fingerprint density at radius 3 is 2.64 bits per heavy atom. The van der Waals surface area contributed by atoms with Crippen LogP contribution in [-0.4, -0.2) is 32.2 Å². The van der Waals surface area contributed by atoms with E-state index in [0.29, 0.717) is 0 Å². The van der Waals surface area contributed by atoms with Crippen LogP contribution < -0.4 is 5.32 Å². The van der Waals surface area contributed by atoms with Crippen molar-refractivity contribution in [1.29, 1.82) is 0 Å². The van der Waals surface area contributed by atoms with Gasteiger partial charge in [0.2, 0.25) is 0 Å². The summed E-state index contributed by atoms with van der Waals surface area (Å²) in [7, 11) is 1.87. The molecule has 0 saturated heterocycles. The highest BCUT2D eigenvalue weighted by Crippen LogP contribution is 2.20. The Balaban J connectivity index is 2.36. The van der Waals surface area contributed by atoms with Crippen LogP contribution in [0.5, 0.6) is 0 Å². The maximum atomic E-state index is 12.0. The molecule has 2 nitrogen and oxygen atoms in total. The molecule has 1 fully saturated rings. The van der Waals surface area contributed by atoms with Gasteiger partial charge in [0.1, 0.15) is 6.61 Å². The van der Waals surface area contributed by atoms with Crippen molar-refractivity contribution < 1.29 is 13.5 Å². The van der Waals surface area contributed by atoms with E-state index < -0.39 is 13.0 Å². The number of halogens is 2. The number of ether oxygens (including phenoxy) is 1. The van der Waals surface area contributed by atoms with Gasteiger partial charge in [0.15, 0.2) is 0 Å². The summed E-state index contributed by atoms with van der Waals surface area (Å²) >= 11 is 0. The van der Waals surface area contributed by atoms with Crippen molar-refractivity contribution in [2.75, 3.05) is 13.7 Å². The molecule has 1 rings (SSSR count). The van der Waals surface area contributed by atoms with Gasteiger partial charge < -0.3 is 10.1 Å². The van der Waals surface area contributed by atoms with Crippen molar-refractivity contribution in [1.82, 2.24) is 5.32 Å². The van der Waals surface area contributed by atoms with E-state index >= 15 is 0 Å². The second-order valence-electron chi connectivity index (χ2n) is 3.80. The molecule has 1 aliphatic carbocycles. The normalized spacial score (nSPS) is 29.1. The molecule has 4 heteroatoms. The molecule has 84 valence electrons. The van der Waals surface area contributed by atoms with E-state index in [1.54, 1.807) is 0 Å². The lowest BCUT2D eigenvalue weighted by Gasteiger charge is -2.24. The molecule has 0 aromatic heterocycles. The molecule has 1 saturated carbocycles. The largest absolute Gasteiger partial charge is 0.371 e. The number of hydrogen-bond acceptors (Lipinski definition) is 2. The van der Waals surface area contributed by atoms with E-state index in [1.165, 1.54) is 12.8 Å². The molecular weight excluding hydrogens is 188 g/mol. The third-order valence-electron chi connectivity index (χ3n) is 2.76. The summed E-state index contributed by atoms with van der Waals surface area (Å²) in [6.45, 7) is -0.428. The summed E-state index contributed by atoms with van der Waals surface area (Å²) in [5.74, 6) is 0. The van der Waals surface area contributed by atoms with Gasteiger partial charge in [0, 0.05) is 6.04 Å². The van der Waals surface area contributed by atoms with E-state index in [2.05, 4.69) is 5.32 Å². The second-order valence-corrected chi connectivity index (χ2v) is 3.80. The van der Waals surface area contributed by atoms with Gasteiger partial charge in [-0.15, -0.1) is 0 Å². The van der Waals surface area contributed by atoms with Gasteiger partial charge in [0.25, 0.3) is 6.43 Å². The molecule has 0 bridgehead atoms. The fraction of sp³-hybridized carbons (Fsp3) is 1.00. The topological polar surface area (TPSA) is 21.3 Å². The lowest BCUT2D eigenvalue weighted by atomic mass is 10.1. The first-order valence-electron chi connectivity index (χ1n) is 5.31. The monoisotopic (exact) mass is 207 g/mol. The molecule has 0 heterocycles. The van der Waals surface area contributed by atoms with Crippen molar-refractivity contribution in [2.45, 2.75) is 50.7 Å². The van der Waals surface area contributed by atoms with Crippen LogP contribution in [-0.2, 0) is 4.74 Å². The molecule has 14 heavy (non-hydrogen) atoms. The fourth-order valence-corrected chi connectivity index (χ4v) is 2.00. The zero-order chi connectivity index (χ0) is 10.4. The summed E-state index contributed by atoms with van der Waals surface area (Å²) in [5, 5.41) is 3.15. The highest BCUT2D eigenvalue weighted by molar-refractivity contribution is 4.79. The first-order chi connectivity index (χ1) is 6.74. The molecule has 0 aromatic carbocycles. The van der Waals surface area contributed by atoms with Crippen molar-refractivity contribution in [2.24, 2.45) is 0 Å². The van der Waals surface area contributed by atoms with Crippen molar-refractivity contribution in [3.63, 3.8) is 0 Å². The molecule has 0 aliphatic heterocycles. The Bertz CT molecular complexity index is 155. The zero-order valence-electron chi connectivity index (χ0n) is 8.64. The van der Waals surface area contributed by atoms with Gasteiger partial charge in [-0.25, -0.2) is 8.78 Å². The maximum absolute atomic E-state index is 12.0. The summed E-state index contributed by atoms with van der Waals surface area (Å²) in [6.07, 6.45) is 2.99. The minimum atomic E-state index is -2.35. The SMILES string of the molecule is CNC1CCCCCC1OCC(F)F. The van der Waals surface area contributed by atoms with E-state index in [1.807, 2.05) is 7.05 Å². The Morgan fingerprint density at radius 2 is 2.00 bits per heavy atom. The predicted octanol–water partition coefficient (Wildman–Crippen LogP) is 2.19. The highest BCUT2D eigenvalue weighted by atomic mass is 19.3. The number of alkyl halides is 2. The summed E-state index contributed by atoms with van der Waals surface area (Å²) in [6, 6.07) is 0.247. The summed E-state index contributed by atoms with van der Waals surface area (Å²) in [4.78, 5) is 0. The van der Waals surface area contributed by atoms with E-state index in [0.717, 1.165) is 19.3 Å². The predicted molar refractivity (Wildman–Crippen MR) is 51.7 cm³/mol. The van der Waals surface area contributed by atoms with Crippen LogP contribution in [0.15, 0.2) is 0 Å². The van der Waals surface area contributed by atoms with Crippen LogP contribution in [0.2, 0.25) is 0 Å². The molecule has 0 aromatic rings. The van der Waals surface area contributed by atoms with E-state index in [9.17, 15) is 8.78 Å². The van der Waals surface area contributed by atoms with E-state index in [-0.39, 0.29) is 12.1 Å². The van der Waals surface area contributed by atoms with Crippen LogP contribution in [0.3, 0.4) is 0 Å². The Labute approximate surface area is 84.0 Å². The minimum Gasteiger partial charge on any atom is -0.371 e. The van der Waals surface area contributed by atoms with Gasteiger partial charge in [-0.2, -0.15) is 0 Å². The van der Waals surface area contributed by atoms with Gasteiger partial charge in [-0.1, -0.05) is 19.3 Å². The van der Waals surface area contributed by atoms with Crippen molar-refractivity contribution in [3.05, 3.63) is 0 Å². The summed E-state index contributed by atoms with van der Waals surface area (Å²) < 4.78 is 29.2. The maximum Gasteiger partial charge on any atom is 0.261 e. The first kappa shape index (κ1) is 11.9. The molecule has 0 spiro atoms. The van der Waals surface area contributed by atoms with Crippen LogP contribution in [0.25, 0.3) is 0 Å². The Kier molecular flexibility index (Phi) is 5.33. The minimum absolute atomic E-state index is 0.0310. The van der Waals surface area contributed by atoms with Gasteiger partial charge >= 0.3 is 0 Å². The molecule has 2 unspecified atom stereocenters. The standard InChI is InChI=1S/C10H19F2NO/c1-13-8-5-3-2-4-6-9(8)14-7-10(11)12/h8-10,13H,2-7H2,1H3. The zero-order valence-corrected chi connectivity index (χ0v) is 8.64. The lowest BCUT2D eigenvalue weighted by Crippen LogP contribution is -2.39. The molecule has 0 amide bonds. The van der Waals surface area contributed by atoms with Crippen molar-refractivity contribution >= 4 is 0 Å². The molecule has 1 aliphatic rings. The Morgan fingerprint density at radius 1 is 1.29 bits per heavy atom. The van der Waals surface area contributed by atoms with Gasteiger partial charge in [-0.05, 0) is 19.9 Å². The summed E-state index contributed by atoms with van der Waals surface area (Å²) in [5.41, 5.74) is 0. The number of nitrogens with one attached hydrogen (secondary N) is 1. The highest BCUT2D eigenvalue weighted by Gasteiger charge is 2.23. The van der Waals surface area contributed by atoms with Gasteiger partial charge in [0.05, 0.1) is 6.10 Å². The molecule has 1 N–H and O–H groups in total. The Hall–Kier alpha value is -0.220. The first-order valence-corrected chi connectivity index (χ1v) is 5.31.